The van der Waals surface area contributed by atoms with Crippen molar-refractivity contribution in [2.45, 2.75) is 33.3 Å². The zero-order chi connectivity index (χ0) is 20.7. The summed E-state index contributed by atoms with van der Waals surface area (Å²) in [4.78, 5) is 21.9. The van der Waals surface area contributed by atoms with Gasteiger partial charge in [-0.2, -0.15) is 0 Å². The van der Waals surface area contributed by atoms with Crippen molar-refractivity contribution >= 4 is 12.0 Å². The number of hydrogen-bond acceptors (Lipinski definition) is 6. The summed E-state index contributed by atoms with van der Waals surface area (Å²) in [5, 5.41) is 10.4. The average molecular weight is 385 g/mol. The number of nitro groups is 1. The van der Waals surface area contributed by atoms with Gasteiger partial charge in [-0.3, -0.25) is 10.1 Å². The lowest BCUT2D eigenvalue weighted by atomic mass is 10.1. The van der Waals surface area contributed by atoms with Crippen LogP contribution in [0.4, 0.5) is 0 Å². The number of aryl methyl sites for hydroxylation is 1. The number of nitrogens with zero attached hydrogens (tertiary/aromatic N) is 1. The second-order valence-electron chi connectivity index (χ2n) is 6.54. The van der Waals surface area contributed by atoms with E-state index in [0.717, 1.165) is 11.8 Å². The summed E-state index contributed by atoms with van der Waals surface area (Å²) >= 11 is 0. The number of esters is 1. The fourth-order valence-electron chi connectivity index (χ4n) is 2.39. The van der Waals surface area contributed by atoms with Crippen molar-refractivity contribution in [3.05, 3.63) is 69.9 Å². The van der Waals surface area contributed by atoms with E-state index >= 15 is 0 Å². The van der Waals surface area contributed by atoms with E-state index in [4.69, 9.17) is 14.2 Å². The van der Waals surface area contributed by atoms with Crippen LogP contribution >= 0.6 is 0 Å². The van der Waals surface area contributed by atoms with Crippen molar-refractivity contribution in [2.24, 2.45) is 0 Å². The van der Waals surface area contributed by atoms with E-state index in [9.17, 15) is 14.9 Å². The summed E-state index contributed by atoms with van der Waals surface area (Å²) in [5.41, 5.74) is 0.335. The third kappa shape index (κ3) is 5.84. The highest BCUT2D eigenvalue weighted by atomic mass is 16.6. The van der Waals surface area contributed by atoms with Gasteiger partial charge in [-0.05, 0) is 69.2 Å². The highest BCUT2D eigenvalue weighted by Gasteiger charge is 2.32. The highest BCUT2D eigenvalue weighted by molar-refractivity contribution is 5.79. The first-order valence-electron chi connectivity index (χ1n) is 8.78. The van der Waals surface area contributed by atoms with Crippen LogP contribution in [0.3, 0.4) is 0 Å². The Morgan fingerprint density at radius 2 is 1.89 bits per heavy atom. The molecule has 148 valence electrons. The molecule has 0 aromatic heterocycles. The minimum absolute atomic E-state index is 0.285. The summed E-state index contributed by atoms with van der Waals surface area (Å²) in [7, 11) is 0. The van der Waals surface area contributed by atoms with Crippen LogP contribution in [0.25, 0.3) is 6.08 Å². The second kappa shape index (κ2) is 9.03. The first-order valence-corrected chi connectivity index (χ1v) is 8.78. The second-order valence-corrected chi connectivity index (χ2v) is 6.54. The lowest BCUT2D eigenvalue weighted by molar-refractivity contribution is -0.400. The first kappa shape index (κ1) is 21.0. The van der Waals surface area contributed by atoms with E-state index in [1.54, 1.807) is 63.2 Å². The molecule has 0 aliphatic rings. The van der Waals surface area contributed by atoms with Gasteiger partial charge in [-0.15, -0.1) is 0 Å². The zero-order valence-corrected chi connectivity index (χ0v) is 16.3. The van der Waals surface area contributed by atoms with Crippen LogP contribution < -0.4 is 9.47 Å². The summed E-state index contributed by atoms with van der Waals surface area (Å²) < 4.78 is 16.7. The molecule has 0 saturated carbocycles. The first-order chi connectivity index (χ1) is 13.2. The molecule has 0 aliphatic heterocycles. The molecule has 0 saturated heterocycles. The zero-order valence-electron chi connectivity index (χ0n) is 16.3. The number of benzene rings is 2. The van der Waals surface area contributed by atoms with Gasteiger partial charge < -0.3 is 14.2 Å². The van der Waals surface area contributed by atoms with Gasteiger partial charge in [0.1, 0.15) is 17.2 Å². The van der Waals surface area contributed by atoms with Gasteiger partial charge in [0, 0.05) is 6.08 Å². The normalized spacial score (nSPS) is 11.3. The number of carbonyl (C=O) groups is 1. The lowest BCUT2D eigenvalue weighted by Gasteiger charge is -2.25. The van der Waals surface area contributed by atoms with Crippen molar-refractivity contribution in [3.63, 3.8) is 0 Å². The standard InChI is InChI=1S/C21H23NO6/c1-5-26-20(23)21(3,4)28-19-10-9-18(13-15(19)2)27-17-8-6-7-16(14-17)11-12-22(24)25/h6-14H,5H2,1-4H3. The highest BCUT2D eigenvalue weighted by Crippen LogP contribution is 2.30. The molecule has 0 unspecified atom stereocenters. The molecule has 2 aromatic rings. The number of rotatable bonds is 8. The third-order valence-corrected chi connectivity index (χ3v) is 3.76. The van der Waals surface area contributed by atoms with Crippen LogP contribution in [0.2, 0.25) is 0 Å². The molecular formula is C21H23NO6. The molecule has 0 fully saturated rings. The van der Waals surface area contributed by atoms with Crippen LogP contribution in [0.15, 0.2) is 48.7 Å². The van der Waals surface area contributed by atoms with Gasteiger partial charge in [0.05, 0.1) is 11.5 Å². The largest absolute Gasteiger partial charge is 0.476 e. The summed E-state index contributed by atoms with van der Waals surface area (Å²) in [5.74, 6) is 1.24. The van der Waals surface area contributed by atoms with Crippen molar-refractivity contribution in [3.8, 4) is 17.2 Å². The number of ether oxygens (including phenoxy) is 3. The van der Waals surface area contributed by atoms with Crippen molar-refractivity contribution < 1.29 is 23.9 Å². The van der Waals surface area contributed by atoms with Gasteiger partial charge in [0.2, 0.25) is 6.20 Å². The lowest BCUT2D eigenvalue weighted by Crippen LogP contribution is -2.39. The Balaban J connectivity index is 2.13. The predicted octanol–water partition coefficient (Wildman–Crippen LogP) is 4.76. The van der Waals surface area contributed by atoms with E-state index in [-0.39, 0.29) is 6.61 Å². The van der Waals surface area contributed by atoms with Gasteiger partial charge in [-0.1, -0.05) is 12.1 Å². The minimum atomic E-state index is -1.11. The maximum absolute atomic E-state index is 12.0. The van der Waals surface area contributed by atoms with E-state index in [2.05, 4.69) is 0 Å². The van der Waals surface area contributed by atoms with Crippen LogP contribution in [-0.2, 0) is 9.53 Å². The van der Waals surface area contributed by atoms with E-state index < -0.39 is 16.5 Å². The molecule has 0 spiro atoms. The van der Waals surface area contributed by atoms with Crippen LogP contribution in [0.5, 0.6) is 17.2 Å². The van der Waals surface area contributed by atoms with E-state index in [0.29, 0.717) is 22.8 Å². The monoisotopic (exact) mass is 385 g/mol. The Labute approximate surface area is 163 Å². The van der Waals surface area contributed by atoms with Gasteiger partial charge in [0.25, 0.3) is 0 Å². The van der Waals surface area contributed by atoms with E-state index in [1.165, 1.54) is 6.08 Å². The molecule has 28 heavy (non-hydrogen) atoms. The fourth-order valence-corrected chi connectivity index (χ4v) is 2.39. The maximum atomic E-state index is 12.0. The van der Waals surface area contributed by atoms with Gasteiger partial charge >= 0.3 is 5.97 Å². The minimum Gasteiger partial charge on any atom is -0.476 e. The van der Waals surface area contributed by atoms with Crippen molar-refractivity contribution in [1.82, 2.24) is 0 Å². The Morgan fingerprint density at radius 3 is 2.54 bits per heavy atom. The molecule has 0 bridgehead atoms. The Hall–Kier alpha value is -3.35. The molecule has 0 amide bonds. The molecule has 2 aromatic carbocycles. The molecule has 7 heteroatoms. The molecule has 0 N–H and O–H groups in total. The Kier molecular flexibility index (Phi) is 6.76. The van der Waals surface area contributed by atoms with Crippen molar-refractivity contribution in [2.75, 3.05) is 6.61 Å². The molecule has 7 nitrogen and oxygen atoms in total. The molecular weight excluding hydrogens is 362 g/mol. The van der Waals surface area contributed by atoms with Crippen LogP contribution in [0.1, 0.15) is 31.9 Å². The molecule has 0 aliphatic carbocycles. The van der Waals surface area contributed by atoms with Crippen molar-refractivity contribution in [1.29, 1.82) is 0 Å². The topological polar surface area (TPSA) is 87.9 Å². The summed E-state index contributed by atoms with van der Waals surface area (Å²) in [6, 6.07) is 12.2. The number of hydrogen-bond donors (Lipinski definition) is 0. The predicted molar refractivity (Wildman–Crippen MR) is 105 cm³/mol. The summed E-state index contributed by atoms with van der Waals surface area (Å²) in [6.07, 6.45) is 2.27. The Bertz CT molecular complexity index is 888. The smallest absolute Gasteiger partial charge is 0.349 e. The molecule has 0 radical (unpaired) electrons. The molecule has 2 rings (SSSR count). The van der Waals surface area contributed by atoms with Crippen LogP contribution in [0, 0.1) is 17.0 Å². The summed E-state index contributed by atoms with van der Waals surface area (Å²) in [6.45, 7) is 7.18. The quantitative estimate of drug-likeness (QED) is 0.370. The SMILES string of the molecule is CCOC(=O)C(C)(C)Oc1ccc(Oc2cccc(C=C[N+](=O)[O-])c2)cc1C. The fraction of sp³-hybridized carbons (Fsp3) is 0.286. The maximum Gasteiger partial charge on any atom is 0.349 e. The van der Waals surface area contributed by atoms with Crippen LogP contribution in [-0.4, -0.2) is 23.1 Å². The average Bonchev–Trinajstić information content (AvgIpc) is 2.63. The van der Waals surface area contributed by atoms with Gasteiger partial charge in [0.15, 0.2) is 5.60 Å². The van der Waals surface area contributed by atoms with Gasteiger partial charge in [-0.25, -0.2) is 4.79 Å². The number of carbonyl (C=O) groups excluding carboxylic acids is 1. The third-order valence-electron chi connectivity index (χ3n) is 3.76. The molecule has 0 heterocycles. The molecule has 0 atom stereocenters. The Morgan fingerprint density at radius 1 is 1.18 bits per heavy atom. The van der Waals surface area contributed by atoms with E-state index in [1.807, 2.05) is 6.92 Å².